The summed E-state index contributed by atoms with van der Waals surface area (Å²) in [6, 6.07) is 4.06. The number of hydrogen-bond donors (Lipinski definition) is 2. The van der Waals surface area contributed by atoms with Crippen LogP contribution in [0.1, 0.15) is 22.7 Å². The number of rotatable bonds is 3. The molecule has 2 rings (SSSR count). The highest BCUT2D eigenvalue weighted by Gasteiger charge is 2.16. The zero-order valence-electron chi connectivity index (χ0n) is 10.3. The predicted octanol–water partition coefficient (Wildman–Crippen LogP) is 2.44. The largest absolute Gasteiger partial charge is 0.383 e. The Bertz CT molecular complexity index is 556. The van der Waals surface area contributed by atoms with Gasteiger partial charge in [0.1, 0.15) is 5.82 Å². The first kappa shape index (κ1) is 13.0. The van der Waals surface area contributed by atoms with Crippen molar-refractivity contribution in [1.29, 1.82) is 0 Å². The van der Waals surface area contributed by atoms with Crippen molar-refractivity contribution in [3.05, 3.63) is 51.9 Å². The fourth-order valence-corrected chi connectivity index (χ4v) is 2.30. The van der Waals surface area contributed by atoms with Crippen LogP contribution in [-0.2, 0) is 0 Å². The summed E-state index contributed by atoms with van der Waals surface area (Å²) in [6.45, 7) is 2.00. The Labute approximate surface area is 115 Å². The van der Waals surface area contributed by atoms with Crippen LogP contribution >= 0.6 is 15.9 Å². The van der Waals surface area contributed by atoms with Crippen molar-refractivity contribution in [2.24, 2.45) is 0 Å². The van der Waals surface area contributed by atoms with Crippen molar-refractivity contribution in [2.45, 2.75) is 13.0 Å². The highest BCUT2D eigenvalue weighted by atomic mass is 79.9. The second-order valence-corrected chi connectivity index (χ2v) is 5.06. The van der Waals surface area contributed by atoms with E-state index >= 15 is 0 Å². The van der Waals surface area contributed by atoms with Crippen molar-refractivity contribution in [3.8, 4) is 0 Å². The van der Waals surface area contributed by atoms with E-state index in [0.717, 1.165) is 21.2 Å². The number of anilines is 1. The molecule has 94 valence electrons. The number of nitrogens with two attached hydrogens (primary N) is 1. The normalized spacial score (nSPS) is 12.4. The van der Waals surface area contributed by atoms with E-state index in [9.17, 15) is 0 Å². The SMILES string of the molecule is CNC(c1cncc(Br)c1)c1cc(C)cnc1N. The topological polar surface area (TPSA) is 63.8 Å². The van der Waals surface area contributed by atoms with Gasteiger partial charge in [-0.2, -0.15) is 0 Å². The van der Waals surface area contributed by atoms with E-state index in [1.165, 1.54) is 0 Å². The summed E-state index contributed by atoms with van der Waals surface area (Å²) in [6.07, 6.45) is 5.35. The number of nitrogen functional groups attached to an aromatic ring is 1. The van der Waals surface area contributed by atoms with E-state index in [4.69, 9.17) is 5.73 Å². The van der Waals surface area contributed by atoms with Crippen molar-refractivity contribution < 1.29 is 0 Å². The Morgan fingerprint density at radius 1 is 1.28 bits per heavy atom. The zero-order valence-corrected chi connectivity index (χ0v) is 11.9. The molecule has 0 saturated carbocycles. The minimum atomic E-state index is -0.0117. The molecule has 0 spiro atoms. The molecule has 1 atom stereocenters. The highest BCUT2D eigenvalue weighted by Crippen LogP contribution is 2.27. The Kier molecular flexibility index (Phi) is 3.93. The molecule has 5 heteroatoms. The summed E-state index contributed by atoms with van der Waals surface area (Å²) >= 11 is 3.43. The van der Waals surface area contributed by atoms with Gasteiger partial charge in [-0.25, -0.2) is 4.98 Å². The molecule has 1 unspecified atom stereocenters. The Morgan fingerprint density at radius 2 is 2.06 bits per heavy atom. The molecule has 0 radical (unpaired) electrons. The zero-order chi connectivity index (χ0) is 13.1. The van der Waals surface area contributed by atoms with Gasteiger partial charge in [0.25, 0.3) is 0 Å². The van der Waals surface area contributed by atoms with E-state index in [-0.39, 0.29) is 6.04 Å². The summed E-state index contributed by atoms with van der Waals surface area (Å²) in [5.41, 5.74) is 9.06. The van der Waals surface area contributed by atoms with Crippen molar-refractivity contribution >= 4 is 21.7 Å². The summed E-state index contributed by atoms with van der Waals surface area (Å²) in [4.78, 5) is 8.38. The van der Waals surface area contributed by atoms with Crippen LogP contribution < -0.4 is 11.1 Å². The van der Waals surface area contributed by atoms with Crippen molar-refractivity contribution in [1.82, 2.24) is 15.3 Å². The molecule has 0 bridgehead atoms. The first-order valence-electron chi connectivity index (χ1n) is 5.61. The van der Waals surface area contributed by atoms with E-state index in [0.29, 0.717) is 5.82 Å². The molecule has 2 heterocycles. The average Bonchev–Trinajstić information content (AvgIpc) is 2.35. The molecule has 3 N–H and O–H groups in total. The number of nitrogens with one attached hydrogen (secondary N) is 1. The molecule has 0 aliphatic carbocycles. The van der Waals surface area contributed by atoms with Gasteiger partial charge in [-0.1, -0.05) is 0 Å². The van der Waals surface area contributed by atoms with E-state index in [1.807, 2.05) is 32.3 Å². The molecule has 0 aromatic carbocycles. The van der Waals surface area contributed by atoms with Crippen molar-refractivity contribution in [2.75, 3.05) is 12.8 Å². The van der Waals surface area contributed by atoms with E-state index < -0.39 is 0 Å². The molecule has 0 saturated heterocycles. The minimum Gasteiger partial charge on any atom is -0.383 e. The predicted molar refractivity (Wildman–Crippen MR) is 76.2 cm³/mol. The Balaban J connectivity index is 2.48. The monoisotopic (exact) mass is 306 g/mol. The molecule has 4 nitrogen and oxygen atoms in total. The van der Waals surface area contributed by atoms with Gasteiger partial charge >= 0.3 is 0 Å². The number of aromatic nitrogens is 2. The van der Waals surface area contributed by atoms with Gasteiger partial charge in [0, 0.05) is 28.6 Å². The fraction of sp³-hybridized carbons (Fsp3) is 0.231. The second kappa shape index (κ2) is 5.46. The maximum atomic E-state index is 5.96. The van der Waals surface area contributed by atoms with Crippen LogP contribution in [0.3, 0.4) is 0 Å². The third kappa shape index (κ3) is 2.68. The summed E-state index contributed by atoms with van der Waals surface area (Å²) < 4.78 is 0.944. The molecule has 0 aliphatic rings. The smallest absolute Gasteiger partial charge is 0.128 e. The van der Waals surface area contributed by atoms with Gasteiger partial charge in [-0.05, 0) is 53.2 Å². The Morgan fingerprint density at radius 3 is 2.72 bits per heavy atom. The molecular formula is C13H15BrN4. The molecule has 0 aliphatic heterocycles. The molecule has 2 aromatic heterocycles. The maximum absolute atomic E-state index is 5.96. The summed E-state index contributed by atoms with van der Waals surface area (Å²) in [5.74, 6) is 0.542. The molecular weight excluding hydrogens is 292 g/mol. The summed E-state index contributed by atoms with van der Waals surface area (Å²) in [5, 5.41) is 3.25. The first-order chi connectivity index (χ1) is 8.61. The molecule has 0 fully saturated rings. The number of hydrogen-bond acceptors (Lipinski definition) is 4. The lowest BCUT2D eigenvalue weighted by Gasteiger charge is -2.18. The lowest BCUT2D eigenvalue weighted by molar-refractivity contribution is 0.687. The fourth-order valence-electron chi connectivity index (χ4n) is 1.92. The lowest BCUT2D eigenvalue weighted by atomic mass is 10.00. The number of halogens is 1. The van der Waals surface area contributed by atoms with E-state index in [1.54, 1.807) is 12.4 Å². The van der Waals surface area contributed by atoms with Gasteiger partial charge in [-0.3, -0.25) is 4.98 Å². The van der Waals surface area contributed by atoms with Crippen LogP contribution in [0.25, 0.3) is 0 Å². The number of pyridine rings is 2. The standard InChI is InChI=1S/C13H15BrN4/c1-8-3-11(13(15)18-5-8)12(16-2)9-4-10(14)7-17-6-9/h3-7,12,16H,1-2H3,(H2,15,18). The van der Waals surface area contributed by atoms with Gasteiger partial charge in [0.05, 0.1) is 6.04 Å². The van der Waals surface area contributed by atoms with Crippen molar-refractivity contribution in [3.63, 3.8) is 0 Å². The van der Waals surface area contributed by atoms with Gasteiger partial charge in [0.15, 0.2) is 0 Å². The molecule has 2 aromatic rings. The lowest BCUT2D eigenvalue weighted by Crippen LogP contribution is -2.20. The van der Waals surface area contributed by atoms with Gasteiger partial charge in [-0.15, -0.1) is 0 Å². The maximum Gasteiger partial charge on any atom is 0.128 e. The molecule has 0 amide bonds. The summed E-state index contributed by atoms with van der Waals surface area (Å²) in [7, 11) is 1.90. The quantitative estimate of drug-likeness (QED) is 0.914. The molecule has 18 heavy (non-hydrogen) atoms. The third-order valence-electron chi connectivity index (χ3n) is 2.75. The van der Waals surface area contributed by atoms with Crippen LogP contribution in [-0.4, -0.2) is 17.0 Å². The second-order valence-electron chi connectivity index (χ2n) is 4.15. The van der Waals surface area contributed by atoms with Crippen LogP contribution in [0.2, 0.25) is 0 Å². The van der Waals surface area contributed by atoms with Gasteiger partial charge in [0.2, 0.25) is 0 Å². The minimum absolute atomic E-state index is 0.0117. The van der Waals surface area contributed by atoms with Crippen LogP contribution in [0, 0.1) is 6.92 Å². The average molecular weight is 307 g/mol. The first-order valence-corrected chi connectivity index (χ1v) is 6.41. The van der Waals surface area contributed by atoms with Crippen LogP contribution in [0.15, 0.2) is 35.2 Å². The number of nitrogens with zero attached hydrogens (tertiary/aromatic N) is 2. The highest BCUT2D eigenvalue weighted by molar-refractivity contribution is 9.10. The van der Waals surface area contributed by atoms with Gasteiger partial charge < -0.3 is 11.1 Å². The Hall–Kier alpha value is -1.46. The van der Waals surface area contributed by atoms with Crippen LogP contribution in [0.5, 0.6) is 0 Å². The van der Waals surface area contributed by atoms with E-state index in [2.05, 4.69) is 31.2 Å². The van der Waals surface area contributed by atoms with Crippen LogP contribution in [0.4, 0.5) is 5.82 Å². The third-order valence-corrected chi connectivity index (χ3v) is 3.18. The number of aryl methyl sites for hydroxylation is 1.